The number of carbonyl (C=O) groups excluding carboxylic acids is 2. The Morgan fingerprint density at radius 3 is 2.44 bits per heavy atom. The molecule has 2 aliphatic rings. The first kappa shape index (κ1) is 17.9. The van der Waals surface area contributed by atoms with Gasteiger partial charge in [0.15, 0.2) is 0 Å². The Bertz CT molecular complexity index is 614. The number of benzene rings is 1. The van der Waals surface area contributed by atoms with Crippen molar-refractivity contribution in [1.82, 2.24) is 9.80 Å². The van der Waals surface area contributed by atoms with Gasteiger partial charge in [-0.1, -0.05) is 17.7 Å². The molecule has 136 valence electrons. The van der Waals surface area contributed by atoms with Gasteiger partial charge in [0.25, 0.3) is 5.91 Å². The summed E-state index contributed by atoms with van der Waals surface area (Å²) in [7, 11) is 0. The molecule has 3 rings (SSSR count). The Kier molecular flexibility index (Phi) is 5.74. The Labute approximate surface area is 149 Å². The van der Waals surface area contributed by atoms with Crippen molar-refractivity contribution in [1.29, 1.82) is 0 Å². The summed E-state index contributed by atoms with van der Waals surface area (Å²) in [5.74, 6) is 0.260. The molecule has 1 N–H and O–H groups in total. The van der Waals surface area contributed by atoms with Gasteiger partial charge in [-0.05, 0) is 50.7 Å². The highest BCUT2D eigenvalue weighted by Gasteiger charge is 2.33. The van der Waals surface area contributed by atoms with Crippen LogP contribution in [0.4, 0.5) is 0 Å². The highest BCUT2D eigenvalue weighted by molar-refractivity contribution is 5.94. The summed E-state index contributed by atoms with van der Waals surface area (Å²) in [6.07, 6.45) is 3.65. The molecule has 2 aliphatic heterocycles. The fourth-order valence-electron chi connectivity index (χ4n) is 3.91. The normalized spacial score (nSPS) is 24.2. The van der Waals surface area contributed by atoms with Gasteiger partial charge >= 0.3 is 0 Å². The summed E-state index contributed by atoms with van der Waals surface area (Å²) in [5, 5.41) is 9.37. The van der Waals surface area contributed by atoms with E-state index in [0.29, 0.717) is 18.7 Å². The zero-order valence-electron chi connectivity index (χ0n) is 15.0. The molecule has 25 heavy (non-hydrogen) atoms. The topological polar surface area (TPSA) is 60.9 Å². The van der Waals surface area contributed by atoms with Gasteiger partial charge in [0.2, 0.25) is 5.91 Å². The highest BCUT2D eigenvalue weighted by atomic mass is 16.3. The van der Waals surface area contributed by atoms with E-state index >= 15 is 0 Å². The largest absolute Gasteiger partial charge is 0.396 e. The molecule has 0 radical (unpaired) electrons. The summed E-state index contributed by atoms with van der Waals surface area (Å²) in [5.41, 5.74) is 1.82. The minimum atomic E-state index is -0.111. The van der Waals surface area contributed by atoms with Crippen molar-refractivity contribution < 1.29 is 14.7 Å². The third-order valence-corrected chi connectivity index (χ3v) is 5.45. The van der Waals surface area contributed by atoms with E-state index in [4.69, 9.17) is 0 Å². The molecule has 5 nitrogen and oxygen atoms in total. The summed E-state index contributed by atoms with van der Waals surface area (Å²) in [6, 6.07) is 7.62. The number of aryl methyl sites for hydroxylation is 1. The van der Waals surface area contributed by atoms with Crippen molar-refractivity contribution >= 4 is 11.8 Å². The standard InChI is InChI=1S/C20H28N2O3/c1-15-6-8-17(9-7-15)19(24)22-11-3-5-18(13-22)20(25)21-10-2-4-16(12-21)14-23/h6-9,16,18,23H,2-5,10-14H2,1H3. The first-order valence-electron chi connectivity index (χ1n) is 9.34. The molecular weight excluding hydrogens is 316 g/mol. The number of rotatable bonds is 3. The molecular formula is C20H28N2O3. The Morgan fingerprint density at radius 1 is 1.04 bits per heavy atom. The van der Waals surface area contributed by atoms with E-state index < -0.39 is 0 Å². The summed E-state index contributed by atoms with van der Waals surface area (Å²) in [4.78, 5) is 29.3. The van der Waals surface area contributed by atoms with E-state index in [9.17, 15) is 14.7 Å². The van der Waals surface area contributed by atoms with Crippen molar-refractivity contribution in [2.45, 2.75) is 32.6 Å². The van der Waals surface area contributed by atoms with Crippen LogP contribution in [-0.4, -0.2) is 59.5 Å². The van der Waals surface area contributed by atoms with Crippen LogP contribution < -0.4 is 0 Å². The summed E-state index contributed by atoms with van der Waals surface area (Å²) >= 11 is 0. The Balaban J connectivity index is 1.63. The fourth-order valence-corrected chi connectivity index (χ4v) is 3.91. The third kappa shape index (κ3) is 4.21. The third-order valence-electron chi connectivity index (χ3n) is 5.45. The number of aliphatic hydroxyl groups excluding tert-OH is 1. The molecule has 0 saturated carbocycles. The number of amides is 2. The lowest BCUT2D eigenvalue weighted by Gasteiger charge is -2.38. The maximum atomic E-state index is 12.9. The minimum Gasteiger partial charge on any atom is -0.396 e. The SMILES string of the molecule is Cc1ccc(C(=O)N2CCCC(C(=O)N3CCCC(CO)C3)C2)cc1. The van der Waals surface area contributed by atoms with E-state index in [1.807, 2.05) is 41.0 Å². The molecule has 2 atom stereocenters. The predicted octanol–water partition coefficient (Wildman–Crippen LogP) is 2.08. The van der Waals surface area contributed by atoms with Crippen LogP contribution in [-0.2, 0) is 4.79 Å². The maximum absolute atomic E-state index is 12.9. The average molecular weight is 344 g/mol. The second-order valence-electron chi connectivity index (χ2n) is 7.43. The zero-order valence-corrected chi connectivity index (χ0v) is 15.0. The average Bonchev–Trinajstić information content (AvgIpc) is 2.67. The lowest BCUT2D eigenvalue weighted by Crippen LogP contribution is -2.49. The molecule has 2 fully saturated rings. The Hall–Kier alpha value is -1.88. The summed E-state index contributed by atoms with van der Waals surface area (Å²) in [6.45, 7) is 4.80. The first-order chi connectivity index (χ1) is 12.1. The van der Waals surface area contributed by atoms with Crippen molar-refractivity contribution in [3.8, 4) is 0 Å². The Morgan fingerprint density at radius 2 is 1.72 bits per heavy atom. The van der Waals surface area contributed by atoms with Gasteiger partial charge in [-0.3, -0.25) is 9.59 Å². The lowest BCUT2D eigenvalue weighted by atomic mass is 9.93. The van der Waals surface area contributed by atoms with E-state index in [1.54, 1.807) is 0 Å². The second-order valence-corrected chi connectivity index (χ2v) is 7.43. The van der Waals surface area contributed by atoms with Crippen LogP contribution in [0.3, 0.4) is 0 Å². The van der Waals surface area contributed by atoms with Crippen molar-refractivity contribution in [2.75, 3.05) is 32.8 Å². The van der Waals surface area contributed by atoms with Crippen LogP contribution in [0.2, 0.25) is 0 Å². The molecule has 0 aromatic heterocycles. The number of piperidine rings is 2. The van der Waals surface area contributed by atoms with E-state index in [-0.39, 0.29) is 30.3 Å². The van der Waals surface area contributed by atoms with Gasteiger partial charge in [-0.15, -0.1) is 0 Å². The quantitative estimate of drug-likeness (QED) is 0.913. The smallest absolute Gasteiger partial charge is 0.253 e. The van der Waals surface area contributed by atoms with Crippen LogP contribution in [0, 0.1) is 18.8 Å². The highest BCUT2D eigenvalue weighted by Crippen LogP contribution is 2.24. The maximum Gasteiger partial charge on any atom is 0.253 e. The lowest BCUT2D eigenvalue weighted by molar-refractivity contribution is -0.139. The van der Waals surface area contributed by atoms with E-state index in [1.165, 1.54) is 0 Å². The van der Waals surface area contributed by atoms with E-state index in [0.717, 1.165) is 44.3 Å². The van der Waals surface area contributed by atoms with Gasteiger partial charge in [0.05, 0.1) is 5.92 Å². The molecule has 1 aromatic rings. The van der Waals surface area contributed by atoms with Gasteiger partial charge < -0.3 is 14.9 Å². The molecule has 0 spiro atoms. The van der Waals surface area contributed by atoms with Crippen molar-refractivity contribution in [3.63, 3.8) is 0 Å². The molecule has 2 saturated heterocycles. The van der Waals surface area contributed by atoms with E-state index in [2.05, 4.69) is 0 Å². The number of likely N-dealkylation sites (tertiary alicyclic amines) is 2. The van der Waals surface area contributed by atoms with Gasteiger partial charge in [-0.25, -0.2) is 0 Å². The molecule has 2 unspecified atom stereocenters. The van der Waals surface area contributed by atoms with Crippen LogP contribution in [0.15, 0.2) is 24.3 Å². The monoisotopic (exact) mass is 344 g/mol. The predicted molar refractivity (Wildman–Crippen MR) is 96.2 cm³/mol. The fraction of sp³-hybridized carbons (Fsp3) is 0.600. The molecule has 5 heteroatoms. The number of carbonyl (C=O) groups is 2. The number of hydrogen-bond donors (Lipinski definition) is 1. The molecule has 0 bridgehead atoms. The van der Waals surface area contributed by atoms with Crippen LogP contribution in [0.5, 0.6) is 0 Å². The van der Waals surface area contributed by atoms with Gasteiger partial charge in [-0.2, -0.15) is 0 Å². The van der Waals surface area contributed by atoms with Crippen molar-refractivity contribution in [3.05, 3.63) is 35.4 Å². The molecule has 2 heterocycles. The molecule has 1 aromatic carbocycles. The molecule has 0 aliphatic carbocycles. The van der Waals surface area contributed by atoms with Gasteiger partial charge in [0, 0.05) is 38.3 Å². The number of nitrogens with zero attached hydrogens (tertiary/aromatic N) is 2. The zero-order chi connectivity index (χ0) is 17.8. The first-order valence-corrected chi connectivity index (χ1v) is 9.34. The van der Waals surface area contributed by atoms with Gasteiger partial charge in [0.1, 0.15) is 0 Å². The second kappa shape index (κ2) is 8.00. The summed E-state index contributed by atoms with van der Waals surface area (Å²) < 4.78 is 0. The molecule has 2 amide bonds. The van der Waals surface area contributed by atoms with Crippen LogP contribution in [0.1, 0.15) is 41.6 Å². The number of aliphatic hydroxyl groups is 1. The number of hydrogen-bond acceptors (Lipinski definition) is 3. The van der Waals surface area contributed by atoms with Crippen molar-refractivity contribution in [2.24, 2.45) is 11.8 Å². The van der Waals surface area contributed by atoms with Crippen LogP contribution >= 0.6 is 0 Å². The minimum absolute atomic E-state index is 0.0179. The van der Waals surface area contributed by atoms with Crippen LogP contribution in [0.25, 0.3) is 0 Å².